The SMILES string of the molecule is N#Cc1ccc(-c2ccc3c(c2)c2cc(-c4ccc(C#N)cc4)ccc2n3-c2c(-c3cc(-c4ccccc4)nc(-c4ccccc4)n3)cc(C(F)(F)F)cc2-c2nc(-c3ccccc3)cc(-c3ccccc3)n2)cc1. The minimum absolute atomic E-state index is 0.0663. The molecule has 9 aromatic carbocycles. The van der Waals surface area contributed by atoms with Gasteiger partial charge in [0.25, 0.3) is 0 Å². The van der Waals surface area contributed by atoms with Crippen molar-refractivity contribution in [2.75, 3.05) is 0 Å². The number of aromatic nitrogens is 5. The highest BCUT2D eigenvalue weighted by Crippen LogP contribution is 2.46. The summed E-state index contributed by atoms with van der Waals surface area (Å²) in [5.74, 6) is 0.392. The van der Waals surface area contributed by atoms with Gasteiger partial charge < -0.3 is 4.57 Å². The summed E-state index contributed by atoms with van der Waals surface area (Å²) in [6, 6.07) is 75.1. The van der Waals surface area contributed by atoms with Gasteiger partial charge in [0.2, 0.25) is 0 Å². The summed E-state index contributed by atoms with van der Waals surface area (Å²) in [4.78, 5) is 20.6. The lowest BCUT2D eigenvalue weighted by atomic mass is 9.96. The Hall–Kier alpha value is -10.3. The Labute approximate surface area is 429 Å². The quantitative estimate of drug-likeness (QED) is 0.143. The summed E-state index contributed by atoms with van der Waals surface area (Å²) in [6.07, 6.45) is -4.83. The molecule has 0 aliphatic rings. The molecule has 3 heterocycles. The van der Waals surface area contributed by atoms with Crippen molar-refractivity contribution in [2.24, 2.45) is 0 Å². The van der Waals surface area contributed by atoms with Gasteiger partial charge in [0.15, 0.2) is 11.6 Å². The van der Waals surface area contributed by atoms with Crippen LogP contribution in [0.2, 0.25) is 0 Å². The molecule has 12 rings (SSSR count). The van der Waals surface area contributed by atoms with E-state index in [2.05, 4.69) is 24.3 Å². The fourth-order valence-electron chi connectivity index (χ4n) is 9.64. The van der Waals surface area contributed by atoms with Gasteiger partial charge in [-0.3, -0.25) is 0 Å². The number of hydrogen-bond acceptors (Lipinski definition) is 6. The first-order valence-corrected chi connectivity index (χ1v) is 24.0. The second-order valence-electron chi connectivity index (χ2n) is 18.0. The molecule has 10 heteroatoms. The summed E-state index contributed by atoms with van der Waals surface area (Å²) < 4.78 is 49.8. The number of rotatable bonds is 9. The summed E-state index contributed by atoms with van der Waals surface area (Å²) in [5, 5.41) is 20.9. The third kappa shape index (κ3) is 8.84. The first kappa shape index (κ1) is 45.8. The second-order valence-corrected chi connectivity index (χ2v) is 18.0. The summed E-state index contributed by atoms with van der Waals surface area (Å²) in [5.41, 5.74) is 10.4. The van der Waals surface area contributed by atoms with Crippen molar-refractivity contribution < 1.29 is 13.2 Å². The van der Waals surface area contributed by atoms with Crippen LogP contribution in [0.1, 0.15) is 16.7 Å². The van der Waals surface area contributed by atoms with Gasteiger partial charge >= 0.3 is 6.18 Å². The first-order valence-electron chi connectivity index (χ1n) is 24.0. The molecule has 7 nitrogen and oxygen atoms in total. The topological polar surface area (TPSA) is 104 Å². The number of fused-ring (bicyclic) bond motifs is 3. The summed E-state index contributed by atoms with van der Waals surface area (Å²) in [7, 11) is 0. The lowest BCUT2D eigenvalue weighted by molar-refractivity contribution is -0.137. The summed E-state index contributed by atoms with van der Waals surface area (Å²) in [6.45, 7) is 0. The van der Waals surface area contributed by atoms with E-state index in [1.165, 1.54) is 6.07 Å². The Morgan fingerprint density at radius 1 is 0.347 bits per heavy atom. The third-order valence-electron chi connectivity index (χ3n) is 13.3. The maximum atomic E-state index is 15.9. The van der Waals surface area contributed by atoms with Crippen LogP contribution in [0.25, 0.3) is 118 Å². The molecule has 0 fully saturated rings. The molecule has 0 atom stereocenters. The van der Waals surface area contributed by atoms with Crippen LogP contribution in [0.15, 0.2) is 231 Å². The molecule has 0 aliphatic heterocycles. The summed E-state index contributed by atoms with van der Waals surface area (Å²) >= 11 is 0. The average Bonchev–Trinajstić information content (AvgIpc) is 3.89. The monoisotopic (exact) mass is 973 g/mol. The maximum Gasteiger partial charge on any atom is 0.416 e. The molecule has 0 radical (unpaired) electrons. The van der Waals surface area contributed by atoms with Crippen molar-refractivity contribution >= 4 is 21.8 Å². The number of benzene rings is 9. The molecule has 0 bridgehead atoms. The van der Waals surface area contributed by atoms with Crippen molar-refractivity contribution in [2.45, 2.75) is 6.18 Å². The Morgan fingerprint density at radius 2 is 0.720 bits per heavy atom. The van der Waals surface area contributed by atoms with Gasteiger partial charge in [0.05, 0.1) is 68.3 Å². The molecule has 0 N–H and O–H groups in total. The largest absolute Gasteiger partial charge is 0.416 e. The number of hydrogen-bond donors (Lipinski definition) is 0. The molecule has 0 saturated carbocycles. The number of alkyl halides is 3. The predicted octanol–water partition coefficient (Wildman–Crippen LogP) is 16.5. The zero-order chi connectivity index (χ0) is 51.0. The highest BCUT2D eigenvalue weighted by Gasteiger charge is 2.35. The van der Waals surface area contributed by atoms with E-state index >= 15 is 13.2 Å². The molecule has 0 spiro atoms. The Kier molecular flexibility index (Phi) is 11.6. The number of nitrogens with zero attached hydrogens (tertiary/aromatic N) is 7. The van der Waals surface area contributed by atoms with E-state index in [0.29, 0.717) is 56.3 Å². The molecular weight excluding hydrogens is 936 g/mol. The second kappa shape index (κ2) is 19.0. The van der Waals surface area contributed by atoms with E-state index in [9.17, 15) is 10.5 Å². The normalized spacial score (nSPS) is 11.4. The van der Waals surface area contributed by atoms with Crippen LogP contribution in [0.3, 0.4) is 0 Å². The molecule has 0 amide bonds. The van der Waals surface area contributed by atoms with E-state index in [1.54, 1.807) is 30.3 Å². The number of halogens is 3. The fraction of sp³-hybridized carbons (Fsp3) is 0.0154. The van der Waals surface area contributed by atoms with Gasteiger partial charge in [0, 0.05) is 44.2 Å². The highest BCUT2D eigenvalue weighted by atomic mass is 19.4. The van der Waals surface area contributed by atoms with E-state index in [0.717, 1.165) is 55.8 Å². The fourth-order valence-corrected chi connectivity index (χ4v) is 9.64. The Morgan fingerprint density at radius 3 is 1.15 bits per heavy atom. The first-order chi connectivity index (χ1) is 36.7. The smallest absolute Gasteiger partial charge is 0.308 e. The van der Waals surface area contributed by atoms with Crippen molar-refractivity contribution in [3.05, 3.63) is 247 Å². The predicted molar refractivity (Wildman–Crippen MR) is 290 cm³/mol. The molecular formula is C65H38F3N7. The lowest BCUT2D eigenvalue weighted by Gasteiger charge is -2.22. The van der Waals surface area contributed by atoms with Crippen LogP contribution in [0.4, 0.5) is 13.2 Å². The molecule has 75 heavy (non-hydrogen) atoms. The van der Waals surface area contributed by atoms with E-state index in [-0.39, 0.29) is 22.6 Å². The molecule has 0 saturated heterocycles. The zero-order valence-electron chi connectivity index (χ0n) is 39.7. The van der Waals surface area contributed by atoms with E-state index < -0.39 is 11.7 Å². The van der Waals surface area contributed by atoms with Crippen LogP contribution >= 0.6 is 0 Å². The van der Waals surface area contributed by atoms with Crippen LogP contribution in [-0.2, 0) is 6.18 Å². The average molecular weight is 974 g/mol. The Balaban J connectivity index is 1.24. The maximum absolute atomic E-state index is 15.9. The van der Waals surface area contributed by atoms with Gasteiger partial charge in [-0.2, -0.15) is 23.7 Å². The van der Waals surface area contributed by atoms with Gasteiger partial charge in [-0.15, -0.1) is 0 Å². The third-order valence-corrected chi connectivity index (χ3v) is 13.3. The molecule has 3 aromatic heterocycles. The van der Waals surface area contributed by atoms with Gasteiger partial charge in [-0.25, -0.2) is 19.9 Å². The highest BCUT2D eigenvalue weighted by molar-refractivity contribution is 6.13. The van der Waals surface area contributed by atoms with E-state index in [1.807, 2.05) is 180 Å². The lowest BCUT2D eigenvalue weighted by Crippen LogP contribution is -2.11. The standard InChI is InChI=1S/C65H38F3N7/c66-65(67,68)51-35-54(59-38-58(47-17-9-3-10-18-47)71-63(74-59)48-19-11-4-12-20-48)62(55(36-51)64-72-56(45-13-5-1-6-14-45)37-57(73-64)46-15-7-2-8-16-46)75-60-31-29-49(43-25-21-41(39-69)22-26-43)33-52(60)53-34-50(30-32-61(53)75)44-27-23-42(40-70)24-28-44/h1-38H. The van der Waals surface area contributed by atoms with Crippen LogP contribution in [-0.4, -0.2) is 24.5 Å². The van der Waals surface area contributed by atoms with Gasteiger partial charge in [-0.1, -0.05) is 158 Å². The zero-order valence-corrected chi connectivity index (χ0v) is 39.7. The minimum Gasteiger partial charge on any atom is -0.308 e. The Bertz CT molecular complexity index is 3820. The number of nitriles is 2. The van der Waals surface area contributed by atoms with Crippen molar-refractivity contribution in [3.8, 4) is 108 Å². The molecule has 354 valence electrons. The van der Waals surface area contributed by atoms with Crippen LogP contribution < -0.4 is 0 Å². The van der Waals surface area contributed by atoms with Crippen molar-refractivity contribution in [3.63, 3.8) is 0 Å². The van der Waals surface area contributed by atoms with Crippen molar-refractivity contribution in [1.29, 1.82) is 10.5 Å². The molecule has 0 aliphatic carbocycles. The van der Waals surface area contributed by atoms with Gasteiger partial charge in [0.1, 0.15) is 0 Å². The van der Waals surface area contributed by atoms with Gasteiger partial charge in [-0.05, 0) is 95.1 Å². The van der Waals surface area contributed by atoms with Crippen LogP contribution in [0.5, 0.6) is 0 Å². The molecule has 12 aromatic rings. The van der Waals surface area contributed by atoms with Crippen molar-refractivity contribution in [1.82, 2.24) is 24.5 Å². The molecule has 0 unspecified atom stereocenters. The van der Waals surface area contributed by atoms with E-state index in [4.69, 9.17) is 19.9 Å². The minimum atomic E-state index is -4.83. The van der Waals surface area contributed by atoms with Crippen LogP contribution in [0, 0.1) is 22.7 Å².